The second-order valence-corrected chi connectivity index (χ2v) is 8.95. The molecule has 32 heavy (non-hydrogen) atoms. The molecular formula is C22H22F3N3O3S. The monoisotopic (exact) mass is 465 g/mol. The van der Waals surface area contributed by atoms with E-state index >= 15 is 0 Å². The fraction of sp³-hybridized carbons (Fsp3) is 0.273. The number of benzene rings is 2. The van der Waals surface area contributed by atoms with Gasteiger partial charge < -0.3 is 0 Å². The van der Waals surface area contributed by atoms with Crippen LogP contribution in [0.4, 0.5) is 13.2 Å². The van der Waals surface area contributed by atoms with Crippen LogP contribution in [0.5, 0.6) is 0 Å². The number of hydrogen-bond acceptors (Lipinski definition) is 4. The summed E-state index contributed by atoms with van der Waals surface area (Å²) in [4.78, 5) is 12.4. The largest absolute Gasteiger partial charge is 0.402 e. The zero-order valence-corrected chi connectivity index (χ0v) is 18.1. The van der Waals surface area contributed by atoms with E-state index in [1.165, 1.54) is 18.2 Å². The van der Waals surface area contributed by atoms with Crippen LogP contribution < -0.4 is 4.72 Å². The lowest BCUT2D eigenvalue weighted by atomic mass is 9.95. The second-order valence-electron chi connectivity index (χ2n) is 7.18. The van der Waals surface area contributed by atoms with E-state index in [9.17, 15) is 26.4 Å². The normalized spacial score (nSPS) is 12.1. The molecule has 0 aliphatic carbocycles. The molecule has 0 spiro atoms. The van der Waals surface area contributed by atoms with Gasteiger partial charge in [-0.1, -0.05) is 36.4 Å². The topological polar surface area (TPSA) is 81.1 Å². The number of nitrogens with zero attached hydrogens (tertiary/aromatic N) is 2. The van der Waals surface area contributed by atoms with Gasteiger partial charge in [0.2, 0.25) is 10.0 Å². The molecule has 1 N–H and O–H groups in total. The Balaban J connectivity index is 1.91. The maximum Gasteiger partial charge on any atom is 0.402 e. The third-order valence-electron chi connectivity index (χ3n) is 4.72. The van der Waals surface area contributed by atoms with Crippen LogP contribution in [-0.2, 0) is 34.2 Å². The van der Waals surface area contributed by atoms with Gasteiger partial charge in [0, 0.05) is 19.2 Å². The minimum atomic E-state index is -4.68. The summed E-state index contributed by atoms with van der Waals surface area (Å²) < 4.78 is 65.5. The van der Waals surface area contributed by atoms with Gasteiger partial charge in [-0.05, 0) is 41.8 Å². The number of aromatic nitrogens is 2. The number of aryl methyl sites for hydroxylation is 1. The Morgan fingerprint density at radius 1 is 1.06 bits per heavy atom. The predicted octanol–water partition coefficient (Wildman–Crippen LogP) is 3.76. The van der Waals surface area contributed by atoms with Gasteiger partial charge in [-0.2, -0.15) is 18.3 Å². The summed E-state index contributed by atoms with van der Waals surface area (Å²) in [5, 5.41) is 4.28. The molecule has 2 aromatic carbocycles. The van der Waals surface area contributed by atoms with E-state index < -0.39 is 22.7 Å². The Morgan fingerprint density at radius 2 is 1.78 bits per heavy atom. The van der Waals surface area contributed by atoms with E-state index in [0.29, 0.717) is 23.4 Å². The molecule has 6 nitrogen and oxygen atoms in total. The van der Waals surface area contributed by atoms with E-state index in [1.807, 2.05) is 25.1 Å². The van der Waals surface area contributed by atoms with Crippen LogP contribution in [0.2, 0.25) is 0 Å². The number of Topliss-reactive ketones (excluding diaryl/α,β-unsaturated/α-hetero) is 1. The van der Waals surface area contributed by atoms with Gasteiger partial charge in [0.1, 0.15) is 12.3 Å². The number of nitrogens with one attached hydrogen (secondary N) is 1. The summed E-state index contributed by atoms with van der Waals surface area (Å²) >= 11 is 0. The van der Waals surface area contributed by atoms with Crippen LogP contribution in [-0.4, -0.2) is 36.7 Å². The number of halogens is 3. The molecule has 3 rings (SSSR count). The maximum atomic E-state index is 12.7. The number of sulfonamides is 1. The number of rotatable bonds is 9. The molecule has 3 aromatic rings. The van der Waals surface area contributed by atoms with Crippen molar-refractivity contribution in [2.75, 3.05) is 6.54 Å². The number of carbonyl (C=O) groups is 1. The zero-order chi connectivity index (χ0) is 23.4. The standard InChI is InChI=1S/C22H22F3N3O3S/c1-2-28-11-10-18(27-28)14-19(29)12-17-13-20(32(30,31)26-15-22(23,24)25)8-9-21(17)16-6-4-3-5-7-16/h3-11,13,26H,2,12,14-15H2,1H3. The lowest BCUT2D eigenvalue weighted by Crippen LogP contribution is -2.33. The summed E-state index contributed by atoms with van der Waals surface area (Å²) in [6.07, 6.45) is -2.95. The van der Waals surface area contributed by atoms with E-state index in [0.717, 1.165) is 5.56 Å². The average molecular weight is 465 g/mol. The van der Waals surface area contributed by atoms with Crippen LogP contribution in [0.1, 0.15) is 18.2 Å². The summed E-state index contributed by atoms with van der Waals surface area (Å²) in [5.74, 6) is -0.193. The molecule has 1 heterocycles. The van der Waals surface area contributed by atoms with Crippen LogP contribution in [0.3, 0.4) is 0 Å². The summed E-state index contributed by atoms with van der Waals surface area (Å²) in [5.41, 5.74) is 2.39. The fourth-order valence-electron chi connectivity index (χ4n) is 3.19. The lowest BCUT2D eigenvalue weighted by Gasteiger charge is -2.14. The molecule has 1 aromatic heterocycles. The molecule has 0 radical (unpaired) electrons. The SMILES string of the molecule is CCn1ccc(CC(=O)Cc2cc(S(=O)(=O)NCC(F)(F)F)ccc2-c2ccccc2)n1. The number of carbonyl (C=O) groups excluding carboxylic acids is 1. The van der Waals surface area contributed by atoms with Gasteiger partial charge in [0.05, 0.1) is 17.0 Å². The Morgan fingerprint density at radius 3 is 2.41 bits per heavy atom. The van der Waals surface area contributed by atoms with Gasteiger partial charge in [0.15, 0.2) is 0 Å². The van der Waals surface area contributed by atoms with Gasteiger partial charge in [-0.3, -0.25) is 9.48 Å². The first-order valence-electron chi connectivity index (χ1n) is 9.86. The smallest absolute Gasteiger partial charge is 0.299 e. The molecule has 0 fully saturated rings. The molecule has 0 bridgehead atoms. The first-order valence-corrected chi connectivity index (χ1v) is 11.3. The van der Waals surface area contributed by atoms with Crippen molar-refractivity contribution in [1.29, 1.82) is 0 Å². The van der Waals surface area contributed by atoms with Crippen molar-refractivity contribution >= 4 is 15.8 Å². The molecule has 170 valence electrons. The van der Waals surface area contributed by atoms with Crippen LogP contribution in [0.15, 0.2) is 65.7 Å². The Bertz CT molecular complexity index is 1190. The quantitative estimate of drug-likeness (QED) is 0.522. The summed E-state index contributed by atoms with van der Waals surface area (Å²) in [6.45, 7) is 0.908. The minimum Gasteiger partial charge on any atom is -0.299 e. The van der Waals surface area contributed by atoms with E-state index in [2.05, 4.69) is 5.10 Å². The van der Waals surface area contributed by atoms with Crippen molar-refractivity contribution in [3.8, 4) is 11.1 Å². The minimum absolute atomic E-state index is 0.0601. The molecule has 0 aliphatic rings. The van der Waals surface area contributed by atoms with Gasteiger partial charge >= 0.3 is 6.18 Å². The van der Waals surface area contributed by atoms with E-state index in [1.54, 1.807) is 33.8 Å². The molecule has 10 heteroatoms. The Labute approximate surface area is 184 Å². The highest BCUT2D eigenvalue weighted by atomic mass is 32.2. The Kier molecular flexibility index (Phi) is 7.15. The van der Waals surface area contributed by atoms with Crippen LogP contribution in [0, 0.1) is 0 Å². The predicted molar refractivity (Wildman–Crippen MR) is 113 cm³/mol. The van der Waals surface area contributed by atoms with Crippen LogP contribution in [0.25, 0.3) is 11.1 Å². The first-order chi connectivity index (χ1) is 15.1. The van der Waals surface area contributed by atoms with Crippen molar-refractivity contribution < 1.29 is 26.4 Å². The number of ketones is 1. The highest BCUT2D eigenvalue weighted by Crippen LogP contribution is 2.27. The first kappa shape index (κ1) is 23.7. The highest BCUT2D eigenvalue weighted by molar-refractivity contribution is 7.89. The summed E-state index contributed by atoms with van der Waals surface area (Å²) in [7, 11) is -4.41. The molecule has 0 amide bonds. The third kappa shape index (κ3) is 6.27. The molecule has 0 aliphatic heterocycles. The molecule has 0 saturated carbocycles. The van der Waals surface area contributed by atoms with Crippen LogP contribution >= 0.6 is 0 Å². The number of hydrogen-bond donors (Lipinski definition) is 1. The van der Waals surface area contributed by atoms with Crippen molar-refractivity contribution in [1.82, 2.24) is 14.5 Å². The lowest BCUT2D eigenvalue weighted by molar-refractivity contribution is -0.121. The highest BCUT2D eigenvalue weighted by Gasteiger charge is 2.30. The van der Waals surface area contributed by atoms with Crippen molar-refractivity contribution in [3.63, 3.8) is 0 Å². The average Bonchev–Trinajstić information content (AvgIpc) is 3.20. The zero-order valence-electron chi connectivity index (χ0n) is 17.3. The number of alkyl halides is 3. The maximum absolute atomic E-state index is 12.7. The van der Waals surface area contributed by atoms with Crippen molar-refractivity contribution in [2.24, 2.45) is 0 Å². The fourth-order valence-corrected chi connectivity index (χ4v) is 4.26. The summed E-state index contributed by atoms with van der Waals surface area (Å²) in [6, 6.07) is 14.8. The second kappa shape index (κ2) is 9.66. The molecule has 0 saturated heterocycles. The van der Waals surface area contributed by atoms with Crippen molar-refractivity contribution in [2.45, 2.75) is 37.4 Å². The molecular weight excluding hydrogens is 443 g/mol. The molecule has 0 atom stereocenters. The molecule has 0 unspecified atom stereocenters. The van der Waals surface area contributed by atoms with Gasteiger partial charge in [-0.25, -0.2) is 13.1 Å². The van der Waals surface area contributed by atoms with E-state index in [-0.39, 0.29) is 23.5 Å². The van der Waals surface area contributed by atoms with Crippen molar-refractivity contribution in [3.05, 3.63) is 72.1 Å². The van der Waals surface area contributed by atoms with E-state index in [4.69, 9.17) is 0 Å². The Hall–Kier alpha value is -2.98. The third-order valence-corrected chi connectivity index (χ3v) is 6.12. The van der Waals surface area contributed by atoms with Gasteiger partial charge in [0.25, 0.3) is 0 Å². The van der Waals surface area contributed by atoms with Gasteiger partial charge in [-0.15, -0.1) is 0 Å².